The number of aromatic nitrogens is 1. The third kappa shape index (κ3) is 5.26. The maximum Gasteiger partial charge on any atom is 0.243 e. The highest BCUT2D eigenvalue weighted by atomic mass is 16.3. The topological polar surface area (TPSA) is 68.4 Å². The van der Waals surface area contributed by atoms with Crippen LogP contribution in [0.3, 0.4) is 0 Å². The summed E-state index contributed by atoms with van der Waals surface area (Å²) in [4.78, 5) is 18.6. The summed E-state index contributed by atoms with van der Waals surface area (Å²) in [6.07, 6.45) is 10.3. The second-order valence-corrected chi connectivity index (χ2v) is 9.77. The number of anilines is 1. The summed E-state index contributed by atoms with van der Waals surface area (Å²) >= 11 is 0. The van der Waals surface area contributed by atoms with Crippen molar-refractivity contribution in [1.29, 1.82) is 0 Å². The van der Waals surface area contributed by atoms with Gasteiger partial charge in [0.15, 0.2) is 0 Å². The predicted molar refractivity (Wildman–Crippen MR) is 134 cm³/mol. The first-order chi connectivity index (χ1) is 15.2. The van der Waals surface area contributed by atoms with Crippen LogP contribution in [0.4, 0.5) is 5.69 Å². The van der Waals surface area contributed by atoms with Crippen LogP contribution in [0.2, 0.25) is 0 Å². The van der Waals surface area contributed by atoms with E-state index in [1.54, 1.807) is 0 Å². The van der Waals surface area contributed by atoms with Gasteiger partial charge < -0.3 is 20.3 Å². The van der Waals surface area contributed by atoms with Crippen molar-refractivity contribution in [2.45, 2.75) is 72.4 Å². The minimum atomic E-state index is -0.295. The van der Waals surface area contributed by atoms with E-state index in [0.717, 1.165) is 36.0 Å². The van der Waals surface area contributed by atoms with Gasteiger partial charge in [-0.15, -0.1) is 0 Å². The van der Waals surface area contributed by atoms with Crippen LogP contribution < -0.4 is 10.2 Å². The van der Waals surface area contributed by atoms with Crippen LogP contribution in [0.15, 0.2) is 41.6 Å². The number of rotatable bonds is 7. The van der Waals surface area contributed by atoms with E-state index < -0.39 is 0 Å². The average molecular weight is 438 g/mol. The third-order valence-electron chi connectivity index (χ3n) is 6.47. The van der Waals surface area contributed by atoms with Crippen molar-refractivity contribution in [2.75, 3.05) is 18.6 Å². The molecule has 3 rings (SSSR count). The summed E-state index contributed by atoms with van der Waals surface area (Å²) in [5.74, 6) is 0.115. The maximum absolute atomic E-state index is 13.0. The van der Waals surface area contributed by atoms with Crippen molar-refractivity contribution in [3.05, 3.63) is 52.8 Å². The van der Waals surface area contributed by atoms with E-state index in [1.807, 2.05) is 13.2 Å². The van der Waals surface area contributed by atoms with E-state index in [4.69, 9.17) is 0 Å². The van der Waals surface area contributed by atoms with Crippen molar-refractivity contribution in [2.24, 2.45) is 5.92 Å². The molecule has 2 aromatic rings. The molecule has 3 N–H and O–H groups in total. The van der Waals surface area contributed by atoms with Crippen molar-refractivity contribution in [3.8, 4) is 0 Å². The Hall–Kier alpha value is -2.53. The van der Waals surface area contributed by atoms with Gasteiger partial charge >= 0.3 is 0 Å². The first-order valence-corrected chi connectivity index (χ1v) is 11.8. The number of H-pyrrole nitrogens is 1. The lowest BCUT2D eigenvalue weighted by molar-refractivity contribution is -0.124. The zero-order valence-electron chi connectivity index (χ0n) is 20.5. The molecule has 5 heteroatoms. The molecule has 2 heterocycles. The first kappa shape index (κ1) is 24.1. The molecular weight excluding hydrogens is 398 g/mol. The van der Waals surface area contributed by atoms with Crippen LogP contribution in [-0.2, 0) is 17.6 Å². The van der Waals surface area contributed by atoms with Crippen molar-refractivity contribution >= 4 is 22.5 Å². The number of amides is 1. The van der Waals surface area contributed by atoms with E-state index in [9.17, 15) is 9.90 Å². The number of carbonyl (C=O) groups is 1. The van der Waals surface area contributed by atoms with Crippen LogP contribution in [0, 0.1) is 5.92 Å². The van der Waals surface area contributed by atoms with Crippen LogP contribution >= 0.6 is 0 Å². The normalized spacial score (nSPS) is 19.6. The number of aromatic amines is 1. The smallest absolute Gasteiger partial charge is 0.243 e. The number of aliphatic hydroxyl groups is 1. The average Bonchev–Trinajstić information content (AvgIpc) is 3.15. The Morgan fingerprint density at radius 3 is 2.66 bits per heavy atom. The molecule has 0 saturated heterocycles. The molecule has 0 fully saturated rings. The molecule has 1 aromatic carbocycles. The molecule has 32 heavy (non-hydrogen) atoms. The molecule has 0 saturated carbocycles. The summed E-state index contributed by atoms with van der Waals surface area (Å²) < 4.78 is 0. The molecule has 0 radical (unpaired) electrons. The Morgan fingerprint density at radius 2 is 2.00 bits per heavy atom. The Labute approximate surface area is 192 Å². The number of benzene rings is 1. The molecular formula is C27H39N3O2. The molecule has 0 spiro atoms. The second-order valence-electron chi connectivity index (χ2n) is 9.77. The van der Waals surface area contributed by atoms with Crippen LogP contribution in [0.25, 0.3) is 10.9 Å². The lowest BCUT2D eigenvalue weighted by Gasteiger charge is -2.32. The van der Waals surface area contributed by atoms with Gasteiger partial charge in [-0.3, -0.25) is 4.79 Å². The SMILES string of the molecule is CC(C)=CCC/C(C)=C/Cc1ccc2c3c(c[nH]c13)C[C@@H](CO)NC(=O)[C@H](C(C)C)N2C. The fraction of sp³-hybridized carbons (Fsp3) is 0.519. The molecule has 174 valence electrons. The van der Waals surface area contributed by atoms with Gasteiger partial charge in [0.25, 0.3) is 0 Å². The van der Waals surface area contributed by atoms with Crippen molar-refractivity contribution in [1.82, 2.24) is 10.3 Å². The molecule has 2 atom stereocenters. The number of hydrogen-bond acceptors (Lipinski definition) is 3. The summed E-state index contributed by atoms with van der Waals surface area (Å²) in [7, 11) is 2.00. The summed E-state index contributed by atoms with van der Waals surface area (Å²) in [6.45, 7) is 10.6. The summed E-state index contributed by atoms with van der Waals surface area (Å²) in [6, 6.07) is 3.76. The first-order valence-electron chi connectivity index (χ1n) is 11.8. The number of hydrogen-bond donors (Lipinski definition) is 3. The molecule has 5 nitrogen and oxygen atoms in total. The molecule has 1 amide bonds. The fourth-order valence-electron chi connectivity index (χ4n) is 4.74. The Morgan fingerprint density at radius 1 is 1.25 bits per heavy atom. The van der Waals surface area contributed by atoms with E-state index in [2.05, 4.69) is 74.1 Å². The third-order valence-corrected chi connectivity index (χ3v) is 6.47. The molecule has 1 aliphatic rings. The Kier molecular flexibility index (Phi) is 7.83. The van der Waals surface area contributed by atoms with Gasteiger partial charge in [0.2, 0.25) is 5.91 Å². The van der Waals surface area contributed by atoms with Gasteiger partial charge in [-0.2, -0.15) is 0 Å². The van der Waals surface area contributed by atoms with Gasteiger partial charge in [0, 0.05) is 24.3 Å². The minimum Gasteiger partial charge on any atom is -0.394 e. The van der Waals surface area contributed by atoms with E-state index in [1.165, 1.54) is 22.1 Å². The fourth-order valence-corrected chi connectivity index (χ4v) is 4.74. The van der Waals surface area contributed by atoms with Crippen LogP contribution in [-0.4, -0.2) is 41.7 Å². The number of allylic oxidation sites excluding steroid dienone is 4. The lowest BCUT2D eigenvalue weighted by atomic mass is 9.98. The number of nitrogens with one attached hydrogen (secondary N) is 2. The van der Waals surface area contributed by atoms with E-state index >= 15 is 0 Å². The summed E-state index contributed by atoms with van der Waals surface area (Å²) in [5.41, 5.74) is 7.35. The van der Waals surface area contributed by atoms with E-state index in [-0.39, 0.29) is 30.5 Å². The van der Waals surface area contributed by atoms with Crippen molar-refractivity contribution in [3.63, 3.8) is 0 Å². The summed E-state index contributed by atoms with van der Waals surface area (Å²) in [5, 5.41) is 14.1. The largest absolute Gasteiger partial charge is 0.394 e. The van der Waals surface area contributed by atoms with Gasteiger partial charge in [-0.25, -0.2) is 0 Å². The van der Waals surface area contributed by atoms with Gasteiger partial charge in [-0.1, -0.05) is 43.2 Å². The van der Waals surface area contributed by atoms with Gasteiger partial charge in [0.1, 0.15) is 6.04 Å². The standard InChI is InChI=1S/C27H39N3O2/c1-17(2)8-7-9-19(5)10-11-20-12-13-23-24-21(15-28-25(20)24)14-22(16-31)29-27(32)26(18(3)4)30(23)6/h8,10,12-13,15,18,22,26,28,31H,7,9,11,14,16H2,1-6H3,(H,29,32)/b19-10+/t22-,26-/m0/s1. The number of nitrogens with zero attached hydrogens (tertiary/aromatic N) is 1. The Bertz CT molecular complexity index is 1010. The minimum absolute atomic E-state index is 0.0252. The molecule has 0 bridgehead atoms. The van der Waals surface area contributed by atoms with Crippen LogP contribution in [0.1, 0.15) is 58.6 Å². The monoisotopic (exact) mass is 437 g/mol. The quantitative estimate of drug-likeness (QED) is 0.540. The molecule has 1 aliphatic heterocycles. The molecule has 0 unspecified atom stereocenters. The van der Waals surface area contributed by atoms with Crippen LogP contribution in [0.5, 0.6) is 0 Å². The maximum atomic E-state index is 13.0. The second kappa shape index (κ2) is 10.4. The number of aliphatic hydroxyl groups excluding tert-OH is 1. The van der Waals surface area contributed by atoms with Crippen molar-refractivity contribution < 1.29 is 9.90 Å². The number of likely N-dealkylation sites (N-methyl/N-ethyl adjacent to an activating group) is 1. The Balaban J connectivity index is 2.00. The van der Waals surface area contributed by atoms with E-state index in [0.29, 0.717) is 6.42 Å². The highest BCUT2D eigenvalue weighted by molar-refractivity contribution is 6.00. The lowest BCUT2D eigenvalue weighted by Crippen LogP contribution is -2.52. The molecule has 0 aliphatic carbocycles. The highest BCUT2D eigenvalue weighted by Crippen LogP contribution is 2.35. The van der Waals surface area contributed by atoms with Gasteiger partial charge in [0.05, 0.1) is 18.2 Å². The molecule has 1 aromatic heterocycles. The zero-order chi connectivity index (χ0) is 23.4. The highest BCUT2D eigenvalue weighted by Gasteiger charge is 2.32. The zero-order valence-corrected chi connectivity index (χ0v) is 20.5. The number of carbonyl (C=O) groups excluding carboxylic acids is 1. The predicted octanol–water partition coefficient (Wildman–Crippen LogP) is 4.90. The van der Waals surface area contributed by atoms with Gasteiger partial charge in [-0.05, 0) is 69.6 Å².